The number of fused-ring (bicyclic) bond motifs is 1. The SMILES string of the molecule is Cn1c(O)c(N=NC(N)=[NH2+])c2ccccc21.[Cl-]. The number of aromatic hydroxyl groups is 1. The highest BCUT2D eigenvalue weighted by atomic mass is 35.5. The quantitative estimate of drug-likeness (QED) is 0.287. The van der Waals surface area contributed by atoms with Crippen LogP contribution >= 0.6 is 0 Å². The van der Waals surface area contributed by atoms with Crippen LogP contribution in [0, 0.1) is 0 Å². The smallest absolute Gasteiger partial charge is 0.403 e. The molecule has 5 N–H and O–H groups in total. The molecule has 0 unspecified atom stereocenters. The van der Waals surface area contributed by atoms with Crippen LogP contribution < -0.4 is 23.5 Å². The Morgan fingerprint density at radius 2 is 2.06 bits per heavy atom. The fraction of sp³-hybridized carbons (Fsp3) is 0.100. The summed E-state index contributed by atoms with van der Waals surface area (Å²) < 4.78 is 1.62. The van der Waals surface area contributed by atoms with Gasteiger partial charge in [0.05, 0.1) is 5.52 Å². The fourth-order valence-electron chi connectivity index (χ4n) is 1.57. The van der Waals surface area contributed by atoms with Crippen molar-refractivity contribution < 1.29 is 22.9 Å². The average Bonchev–Trinajstić information content (AvgIpc) is 2.50. The molecule has 2 rings (SSSR count). The van der Waals surface area contributed by atoms with Gasteiger partial charge in [0, 0.05) is 17.5 Å². The van der Waals surface area contributed by atoms with Crippen LogP contribution in [0.5, 0.6) is 5.88 Å². The molecule has 0 aliphatic rings. The number of aromatic nitrogens is 1. The number of para-hydroxylation sites is 1. The van der Waals surface area contributed by atoms with E-state index in [0.29, 0.717) is 5.69 Å². The summed E-state index contributed by atoms with van der Waals surface area (Å²) >= 11 is 0. The zero-order chi connectivity index (χ0) is 11.7. The van der Waals surface area contributed by atoms with Gasteiger partial charge in [-0.15, -0.1) is 0 Å². The summed E-state index contributed by atoms with van der Waals surface area (Å²) in [5.74, 6) is -0.112. The summed E-state index contributed by atoms with van der Waals surface area (Å²) in [6, 6.07) is 7.46. The van der Waals surface area contributed by atoms with Crippen LogP contribution in [0.2, 0.25) is 0 Å². The Hall–Kier alpha value is -2.08. The molecular formula is C10H12ClN5O. The molecule has 17 heavy (non-hydrogen) atoms. The molecule has 7 heteroatoms. The summed E-state index contributed by atoms with van der Waals surface area (Å²) in [5.41, 5.74) is 6.42. The van der Waals surface area contributed by atoms with Crippen molar-refractivity contribution >= 4 is 22.5 Å². The number of hydrogen-bond acceptors (Lipinski definition) is 2. The van der Waals surface area contributed by atoms with E-state index in [2.05, 4.69) is 10.2 Å². The van der Waals surface area contributed by atoms with Crippen LogP contribution in [0.3, 0.4) is 0 Å². The van der Waals surface area contributed by atoms with E-state index in [9.17, 15) is 5.11 Å². The molecule has 0 atom stereocenters. The molecule has 6 nitrogen and oxygen atoms in total. The normalized spacial score (nSPS) is 10.6. The van der Waals surface area contributed by atoms with Gasteiger partial charge in [0.2, 0.25) is 5.88 Å². The van der Waals surface area contributed by atoms with E-state index < -0.39 is 0 Å². The summed E-state index contributed by atoms with van der Waals surface area (Å²) in [6.45, 7) is 0. The minimum absolute atomic E-state index is 0. The predicted octanol–water partition coefficient (Wildman–Crippen LogP) is -2.95. The van der Waals surface area contributed by atoms with E-state index in [1.165, 1.54) is 0 Å². The Balaban J connectivity index is 0.00000144. The number of halogens is 1. The molecule has 0 fully saturated rings. The number of rotatable bonds is 1. The van der Waals surface area contributed by atoms with Crippen molar-refractivity contribution in [3.05, 3.63) is 24.3 Å². The average molecular weight is 254 g/mol. The van der Waals surface area contributed by atoms with Gasteiger partial charge >= 0.3 is 5.96 Å². The van der Waals surface area contributed by atoms with Crippen molar-refractivity contribution in [2.24, 2.45) is 23.0 Å². The molecule has 1 aromatic heterocycles. The van der Waals surface area contributed by atoms with Gasteiger partial charge in [0.25, 0.3) is 0 Å². The second-order valence-electron chi connectivity index (χ2n) is 3.37. The lowest BCUT2D eigenvalue weighted by atomic mass is 10.2. The molecule has 0 bridgehead atoms. The van der Waals surface area contributed by atoms with Gasteiger partial charge < -0.3 is 22.1 Å². The zero-order valence-corrected chi connectivity index (χ0v) is 9.89. The first kappa shape index (κ1) is 13.0. The minimum atomic E-state index is -0.146. The number of nitrogens with two attached hydrogens (primary N) is 2. The zero-order valence-electron chi connectivity index (χ0n) is 9.13. The Morgan fingerprint density at radius 3 is 2.71 bits per heavy atom. The van der Waals surface area contributed by atoms with E-state index in [4.69, 9.17) is 11.1 Å². The standard InChI is InChI=1S/C10H11N5O.ClH/c1-15-7-5-3-2-4-6(7)8(9(15)16)13-14-10(11)12;/h2-5,16H,1H3,(H3,11,12);1H. The van der Waals surface area contributed by atoms with Gasteiger partial charge in [-0.1, -0.05) is 23.3 Å². The Morgan fingerprint density at radius 1 is 1.41 bits per heavy atom. The first-order valence-corrected chi connectivity index (χ1v) is 4.67. The third-order valence-corrected chi connectivity index (χ3v) is 2.32. The lowest BCUT2D eigenvalue weighted by molar-refractivity contribution is -0.117. The second-order valence-corrected chi connectivity index (χ2v) is 3.37. The highest BCUT2D eigenvalue weighted by molar-refractivity contribution is 5.95. The number of hydrogen-bond donors (Lipinski definition) is 3. The molecule has 1 heterocycles. The molecule has 0 spiro atoms. The lowest BCUT2D eigenvalue weighted by Crippen LogP contribution is -3.00. The first-order chi connectivity index (χ1) is 7.61. The molecule has 0 aliphatic heterocycles. The van der Waals surface area contributed by atoms with E-state index in [1.807, 2.05) is 24.3 Å². The van der Waals surface area contributed by atoms with E-state index in [0.717, 1.165) is 10.9 Å². The summed E-state index contributed by atoms with van der Waals surface area (Å²) in [6.07, 6.45) is 0. The lowest BCUT2D eigenvalue weighted by Gasteiger charge is -1.94. The van der Waals surface area contributed by atoms with Gasteiger partial charge in [0.15, 0.2) is 5.69 Å². The molecule has 1 aromatic carbocycles. The van der Waals surface area contributed by atoms with Crippen LogP contribution in [-0.2, 0) is 7.05 Å². The van der Waals surface area contributed by atoms with Crippen LogP contribution in [0.1, 0.15) is 0 Å². The Kier molecular flexibility index (Phi) is 3.69. The highest BCUT2D eigenvalue weighted by Gasteiger charge is 2.14. The van der Waals surface area contributed by atoms with E-state index >= 15 is 0 Å². The number of benzene rings is 1. The van der Waals surface area contributed by atoms with Crippen molar-refractivity contribution in [1.29, 1.82) is 0 Å². The Labute approximate surface area is 104 Å². The third-order valence-electron chi connectivity index (χ3n) is 2.32. The number of azo groups is 1. The summed E-state index contributed by atoms with van der Waals surface area (Å²) in [4.78, 5) is 0. The molecule has 2 aromatic rings. The summed E-state index contributed by atoms with van der Waals surface area (Å²) in [7, 11) is 1.74. The van der Waals surface area contributed by atoms with Crippen molar-refractivity contribution in [3.63, 3.8) is 0 Å². The largest absolute Gasteiger partial charge is 1.00 e. The molecule has 0 radical (unpaired) electrons. The fourth-order valence-corrected chi connectivity index (χ4v) is 1.57. The van der Waals surface area contributed by atoms with Crippen LogP contribution in [0.15, 0.2) is 34.5 Å². The number of guanidine groups is 1. The molecule has 0 saturated carbocycles. The maximum absolute atomic E-state index is 9.85. The number of aryl methyl sites for hydroxylation is 1. The monoisotopic (exact) mass is 253 g/mol. The van der Waals surface area contributed by atoms with Crippen LogP contribution in [-0.4, -0.2) is 15.6 Å². The van der Waals surface area contributed by atoms with Gasteiger partial charge in [-0.2, -0.15) is 0 Å². The van der Waals surface area contributed by atoms with Crippen molar-refractivity contribution in [2.75, 3.05) is 0 Å². The van der Waals surface area contributed by atoms with Gasteiger partial charge in [-0.05, 0) is 6.07 Å². The van der Waals surface area contributed by atoms with Crippen molar-refractivity contribution in [3.8, 4) is 5.88 Å². The number of nitrogens with zero attached hydrogens (tertiary/aromatic N) is 3. The molecule has 0 saturated heterocycles. The van der Waals surface area contributed by atoms with Gasteiger partial charge in [-0.25, -0.2) is 0 Å². The van der Waals surface area contributed by atoms with Crippen LogP contribution in [0.25, 0.3) is 10.9 Å². The first-order valence-electron chi connectivity index (χ1n) is 4.67. The molecule has 0 amide bonds. The van der Waals surface area contributed by atoms with Crippen molar-refractivity contribution in [1.82, 2.24) is 4.57 Å². The third kappa shape index (κ3) is 2.21. The molecule has 90 valence electrons. The van der Waals surface area contributed by atoms with Crippen molar-refractivity contribution in [2.45, 2.75) is 0 Å². The maximum atomic E-state index is 9.85. The second kappa shape index (κ2) is 4.84. The van der Waals surface area contributed by atoms with Gasteiger partial charge in [0.1, 0.15) is 0 Å². The van der Waals surface area contributed by atoms with Crippen LogP contribution in [0.4, 0.5) is 5.69 Å². The van der Waals surface area contributed by atoms with E-state index in [-0.39, 0.29) is 24.2 Å². The summed E-state index contributed by atoms with van der Waals surface area (Å²) in [5, 5.41) is 23.2. The molecule has 0 aliphatic carbocycles. The van der Waals surface area contributed by atoms with E-state index in [1.54, 1.807) is 11.6 Å². The molecular weight excluding hydrogens is 242 g/mol. The topological polar surface area (TPSA) is 101 Å². The minimum Gasteiger partial charge on any atom is -1.00 e. The van der Waals surface area contributed by atoms with Gasteiger partial charge in [-0.3, -0.25) is 11.1 Å². The highest BCUT2D eigenvalue weighted by Crippen LogP contribution is 2.37. The Bertz CT molecular complexity index is 590. The maximum Gasteiger partial charge on any atom is 0.403 e. The predicted molar refractivity (Wildman–Crippen MR) is 60.2 cm³/mol.